The molecule has 2 aromatic carbocycles. The van der Waals surface area contributed by atoms with Crippen LogP contribution in [0.4, 0.5) is 10.8 Å². The molecule has 0 unspecified atom stereocenters. The summed E-state index contributed by atoms with van der Waals surface area (Å²) in [5, 5.41) is 9.11. The van der Waals surface area contributed by atoms with Crippen molar-refractivity contribution in [2.75, 3.05) is 11.9 Å². The lowest BCUT2D eigenvalue weighted by Crippen LogP contribution is -2.35. The summed E-state index contributed by atoms with van der Waals surface area (Å²) in [6, 6.07) is 20.3. The SMILES string of the molecule is O=C(CCN(Cc1ccccc1)C(=O)c1csc(Nc2ccc(Cl)c(Cl)c2)n1)NCc1ccccn1. The molecule has 0 saturated heterocycles. The number of rotatable bonds is 10. The Labute approximate surface area is 223 Å². The molecular formula is C26H23Cl2N5O2S. The van der Waals surface area contributed by atoms with Crippen molar-refractivity contribution in [3.8, 4) is 0 Å². The number of hydrogen-bond donors (Lipinski definition) is 2. The third-order valence-electron chi connectivity index (χ3n) is 5.20. The highest BCUT2D eigenvalue weighted by Crippen LogP contribution is 2.28. The molecule has 36 heavy (non-hydrogen) atoms. The highest BCUT2D eigenvalue weighted by Gasteiger charge is 2.20. The van der Waals surface area contributed by atoms with Crippen LogP contribution in [0.25, 0.3) is 0 Å². The maximum absolute atomic E-state index is 13.4. The summed E-state index contributed by atoms with van der Waals surface area (Å²) in [5.41, 5.74) is 2.74. The van der Waals surface area contributed by atoms with E-state index >= 15 is 0 Å². The van der Waals surface area contributed by atoms with E-state index in [0.717, 1.165) is 11.3 Å². The zero-order chi connectivity index (χ0) is 25.3. The molecule has 2 N–H and O–H groups in total. The fraction of sp³-hybridized carbons (Fsp3) is 0.154. The fourth-order valence-corrected chi connectivity index (χ4v) is 4.36. The van der Waals surface area contributed by atoms with Crippen LogP contribution in [-0.4, -0.2) is 33.2 Å². The molecule has 0 spiro atoms. The van der Waals surface area contributed by atoms with Gasteiger partial charge >= 0.3 is 0 Å². The zero-order valence-corrected chi connectivity index (χ0v) is 21.5. The standard InChI is InChI=1S/C26H23Cl2N5O2S/c27-21-10-9-19(14-22(21)28)31-26-32-23(17-36-26)25(35)33(16-18-6-2-1-3-7-18)13-11-24(34)30-15-20-8-4-5-12-29-20/h1-10,12,14,17H,11,13,15-16H2,(H,30,34)(H,31,32). The smallest absolute Gasteiger partial charge is 0.273 e. The molecule has 10 heteroatoms. The van der Waals surface area contributed by atoms with Gasteiger partial charge in [0, 0.05) is 36.8 Å². The van der Waals surface area contributed by atoms with Gasteiger partial charge in [-0.1, -0.05) is 59.6 Å². The molecule has 2 heterocycles. The molecule has 4 rings (SSSR count). The molecule has 0 aliphatic heterocycles. The summed E-state index contributed by atoms with van der Waals surface area (Å²) in [5.74, 6) is -0.415. The van der Waals surface area contributed by atoms with Gasteiger partial charge in [-0.15, -0.1) is 11.3 Å². The number of carbonyl (C=O) groups excluding carboxylic acids is 2. The van der Waals surface area contributed by atoms with E-state index in [1.54, 1.807) is 34.7 Å². The van der Waals surface area contributed by atoms with Crippen LogP contribution in [0.15, 0.2) is 78.3 Å². The Bertz CT molecular complexity index is 1320. The number of nitrogens with one attached hydrogen (secondary N) is 2. The van der Waals surface area contributed by atoms with Gasteiger partial charge in [-0.2, -0.15) is 0 Å². The topological polar surface area (TPSA) is 87.2 Å². The van der Waals surface area contributed by atoms with Crippen molar-refractivity contribution in [3.05, 3.63) is 105 Å². The summed E-state index contributed by atoms with van der Waals surface area (Å²) in [6.45, 7) is 0.942. The van der Waals surface area contributed by atoms with Crippen molar-refractivity contribution in [2.45, 2.75) is 19.5 Å². The van der Waals surface area contributed by atoms with Gasteiger partial charge in [0.1, 0.15) is 5.69 Å². The van der Waals surface area contributed by atoms with Crippen LogP contribution < -0.4 is 10.6 Å². The lowest BCUT2D eigenvalue weighted by Gasteiger charge is -2.22. The number of amides is 2. The normalized spacial score (nSPS) is 10.6. The summed E-state index contributed by atoms with van der Waals surface area (Å²) < 4.78 is 0. The van der Waals surface area contributed by atoms with E-state index in [1.165, 1.54) is 11.3 Å². The number of anilines is 2. The second-order valence-electron chi connectivity index (χ2n) is 7.85. The average Bonchev–Trinajstić information content (AvgIpc) is 3.36. The molecule has 0 fully saturated rings. The second kappa shape index (κ2) is 12.5. The van der Waals surface area contributed by atoms with Gasteiger partial charge in [-0.05, 0) is 35.9 Å². The Hall–Kier alpha value is -3.46. The largest absolute Gasteiger partial charge is 0.350 e. The van der Waals surface area contributed by atoms with Gasteiger partial charge in [0.15, 0.2) is 5.13 Å². The first-order valence-corrected chi connectivity index (χ1v) is 12.8. The van der Waals surface area contributed by atoms with Gasteiger partial charge in [0.25, 0.3) is 5.91 Å². The minimum Gasteiger partial charge on any atom is -0.350 e. The number of hydrogen-bond acceptors (Lipinski definition) is 6. The quantitative estimate of drug-likeness (QED) is 0.260. The lowest BCUT2D eigenvalue weighted by molar-refractivity contribution is -0.121. The molecule has 0 aliphatic carbocycles. The number of pyridine rings is 1. The first-order chi connectivity index (χ1) is 17.5. The lowest BCUT2D eigenvalue weighted by atomic mass is 10.2. The number of nitrogens with zero attached hydrogens (tertiary/aromatic N) is 3. The molecule has 2 aromatic heterocycles. The Balaban J connectivity index is 1.42. The zero-order valence-electron chi connectivity index (χ0n) is 19.2. The van der Waals surface area contributed by atoms with E-state index < -0.39 is 0 Å². The molecule has 0 radical (unpaired) electrons. The van der Waals surface area contributed by atoms with Gasteiger partial charge in [0.05, 0.1) is 22.3 Å². The van der Waals surface area contributed by atoms with Crippen molar-refractivity contribution in [1.29, 1.82) is 0 Å². The van der Waals surface area contributed by atoms with E-state index in [-0.39, 0.29) is 24.8 Å². The molecule has 7 nitrogen and oxygen atoms in total. The number of benzene rings is 2. The molecule has 0 saturated carbocycles. The van der Waals surface area contributed by atoms with Crippen molar-refractivity contribution in [2.24, 2.45) is 0 Å². The molecule has 2 amide bonds. The van der Waals surface area contributed by atoms with Crippen molar-refractivity contribution >= 4 is 57.2 Å². The van der Waals surface area contributed by atoms with E-state index in [2.05, 4.69) is 20.6 Å². The summed E-state index contributed by atoms with van der Waals surface area (Å²) >= 11 is 13.4. The predicted molar refractivity (Wildman–Crippen MR) is 144 cm³/mol. The maximum atomic E-state index is 13.4. The van der Waals surface area contributed by atoms with Crippen LogP contribution >= 0.6 is 34.5 Å². The van der Waals surface area contributed by atoms with Crippen molar-refractivity contribution in [1.82, 2.24) is 20.2 Å². The first kappa shape index (κ1) is 25.6. The summed E-state index contributed by atoms with van der Waals surface area (Å²) in [4.78, 5) is 36.1. The Kier molecular flexibility index (Phi) is 8.89. The number of halogens is 2. The number of aromatic nitrogens is 2. The van der Waals surface area contributed by atoms with Crippen LogP contribution in [0.2, 0.25) is 10.0 Å². The molecule has 0 bridgehead atoms. The third kappa shape index (κ3) is 7.27. The monoisotopic (exact) mass is 539 g/mol. The molecular weight excluding hydrogens is 517 g/mol. The third-order valence-corrected chi connectivity index (χ3v) is 6.70. The van der Waals surface area contributed by atoms with E-state index in [4.69, 9.17) is 23.2 Å². The summed E-state index contributed by atoms with van der Waals surface area (Å²) in [6.07, 6.45) is 1.84. The van der Waals surface area contributed by atoms with Crippen LogP contribution in [0.5, 0.6) is 0 Å². The Morgan fingerprint density at radius 1 is 0.972 bits per heavy atom. The van der Waals surface area contributed by atoms with Gasteiger partial charge < -0.3 is 15.5 Å². The van der Waals surface area contributed by atoms with Crippen LogP contribution in [0.3, 0.4) is 0 Å². The number of thiazole rings is 1. The van der Waals surface area contributed by atoms with E-state index in [1.807, 2.05) is 48.5 Å². The molecule has 0 atom stereocenters. The van der Waals surface area contributed by atoms with Crippen LogP contribution in [0, 0.1) is 0 Å². The Morgan fingerprint density at radius 3 is 2.53 bits per heavy atom. The van der Waals surface area contributed by atoms with Gasteiger partial charge in [0.2, 0.25) is 5.91 Å². The van der Waals surface area contributed by atoms with E-state index in [9.17, 15) is 9.59 Å². The van der Waals surface area contributed by atoms with Crippen LogP contribution in [-0.2, 0) is 17.9 Å². The minimum atomic E-state index is -0.255. The molecule has 4 aromatic rings. The molecule has 184 valence electrons. The maximum Gasteiger partial charge on any atom is 0.273 e. The van der Waals surface area contributed by atoms with Crippen molar-refractivity contribution in [3.63, 3.8) is 0 Å². The second-order valence-corrected chi connectivity index (χ2v) is 9.52. The first-order valence-electron chi connectivity index (χ1n) is 11.2. The van der Waals surface area contributed by atoms with E-state index in [0.29, 0.717) is 39.6 Å². The Morgan fingerprint density at radius 2 is 1.78 bits per heavy atom. The molecule has 0 aliphatic rings. The van der Waals surface area contributed by atoms with Gasteiger partial charge in [-0.25, -0.2) is 4.98 Å². The number of carbonyl (C=O) groups is 2. The van der Waals surface area contributed by atoms with Gasteiger partial charge in [-0.3, -0.25) is 14.6 Å². The highest BCUT2D eigenvalue weighted by molar-refractivity contribution is 7.14. The van der Waals surface area contributed by atoms with Crippen LogP contribution in [0.1, 0.15) is 28.2 Å². The summed E-state index contributed by atoms with van der Waals surface area (Å²) in [7, 11) is 0. The predicted octanol–water partition coefficient (Wildman–Crippen LogP) is 5.94. The fourth-order valence-electron chi connectivity index (χ4n) is 3.36. The average molecular weight is 540 g/mol. The highest BCUT2D eigenvalue weighted by atomic mass is 35.5. The van der Waals surface area contributed by atoms with Crippen molar-refractivity contribution < 1.29 is 9.59 Å². The minimum absolute atomic E-state index is 0.157.